The van der Waals surface area contributed by atoms with Gasteiger partial charge < -0.3 is 25.0 Å². The quantitative estimate of drug-likeness (QED) is 0.390. The molecule has 3 rings (SSSR count). The molecule has 1 saturated heterocycles. The largest absolute Gasteiger partial charge is 0.381 e. The van der Waals surface area contributed by atoms with E-state index in [1.807, 2.05) is 6.20 Å². The zero-order chi connectivity index (χ0) is 18.9. The number of aliphatic imine (C=N–C) groups is 1. The Morgan fingerprint density at radius 2 is 2.26 bits per heavy atom. The highest BCUT2D eigenvalue weighted by Crippen LogP contribution is 2.28. The Kier molecular flexibility index (Phi) is 7.71. The van der Waals surface area contributed by atoms with Crippen molar-refractivity contribution in [3.05, 3.63) is 23.9 Å². The number of aromatic nitrogens is 1. The predicted molar refractivity (Wildman–Crippen MR) is 108 cm³/mol. The van der Waals surface area contributed by atoms with Gasteiger partial charge in [0.1, 0.15) is 5.82 Å². The normalized spacial score (nSPS) is 20.6. The molecule has 2 aliphatic rings. The molecule has 1 aliphatic carbocycles. The van der Waals surface area contributed by atoms with Crippen LogP contribution in [-0.4, -0.2) is 63.6 Å². The Morgan fingerprint density at radius 3 is 2.96 bits per heavy atom. The van der Waals surface area contributed by atoms with Crippen LogP contribution in [0.15, 0.2) is 23.3 Å². The van der Waals surface area contributed by atoms with Crippen molar-refractivity contribution in [2.24, 2.45) is 10.9 Å². The van der Waals surface area contributed by atoms with E-state index in [2.05, 4.69) is 44.6 Å². The fourth-order valence-electron chi connectivity index (χ4n) is 3.06. The van der Waals surface area contributed by atoms with Gasteiger partial charge in [0.15, 0.2) is 5.96 Å². The fraction of sp³-hybridized carbons (Fsp3) is 0.700. The van der Waals surface area contributed by atoms with Crippen LogP contribution in [0.2, 0.25) is 0 Å². The average Bonchev–Trinajstić information content (AvgIpc) is 3.52. The van der Waals surface area contributed by atoms with Crippen molar-refractivity contribution in [1.29, 1.82) is 0 Å². The van der Waals surface area contributed by atoms with Crippen molar-refractivity contribution in [2.45, 2.75) is 38.8 Å². The van der Waals surface area contributed by atoms with Gasteiger partial charge in [-0.1, -0.05) is 6.07 Å². The molecule has 1 unspecified atom stereocenters. The highest BCUT2D eigenvalue weighted by Gasteiger charge is 2.20. The summed E-state index contributed by atoms with van der Waals surface area (Å²) < 4.78 is 11.2. The third kappa shape index (κ3) is 6.99. The number of pyridine rings is 1. The fourth-order valence-corrected chi connectivity index (χ4v) is 3.06. The minimum atomic E-state index is 0.260. The lowest BCUT2D eigenvalue weighted by molar-refractivity contribution is 0.0529. The van der Waals surface area contributed by atoms with E-state index in [0.717, 1.165) is 69.1 Å². The number of nitrogens with zero attached hydrogens (tertiary/aromatic N) is 3. The second-order valence-electron chi connectivity index (χ2n) is 7.38. The second-order valence-corrected chi connectivity index (χ2v) is 7.38. The maximum atomic E-state index is 5.65. The van der Waals surface area contributed by atoms with Crippen LogP contribution < -0.4 is 15.5 Å². The van der Waals surface area contributed by atoms with E-state index >= 15 is 0 Å². The van der Waals surface area contributed by atoms with Crippen molar-refractivity contribution < 1.29 is 9.47 Å². The van der Waals surface area contributed by atoms with Gasteiger partial charge in [-0.15, -0.1) is 0 Å². The maximum absolute atomic E-state index is 5.65. The number of ether oxygens (including phenoxy) is 2. The van der Waals surface area contributed by atoms with E-state index in [0.29, 0.717) is 6.54 Å². The lowest BCUT2D eigenvalue weighted by Gasteiger charge is -2.32. The van der Waals surface area contributed by atoms with Gasteiger partial charge >= 0.3 is 0 Å². The second kappa shape index (κ2) is 10.5. The molecule has 2 N–H and O–H groups in total. The van der Waals surface area contributed by atoms with Crippen LogP contribution in [0.1, 0.15) is 31.7 Å². The van der Waals surface area contributed by atoms with Crippen molar-refractivity contribution in [3.63, 3.8) is 0 Å². The van der Waals surface area contributed by atoms with Crippen LogP contribution in [0, 0.1) is 5.92 Å². The molecule has 7 heteroatoms. The van der Waals surface area contributed by atoms with Gasteiger partial charge in [0, 0.05) is 52.6 Å². The molecule has 27 heavy (non-hydrogen) atoms. The van der Waals surface area contributed by atoms with E-state index in [1.54, 1.807) is 7.05 Å². The molecule has 1 aliphatic heterocycles. The summed E-state index contributed by atoms with van der Waals surface area (Å²) in [7, 11) is 1.79. The molecule has 1 aromatic rings. The first kappa shape index (κ1) is 19.9. The highest BCUT2D eigenvalue weighted by molar-refractivity contribution is 5.79. The topological polar surface area (TPSA) is 71.0 Å². The van der Waals surface area contributed by atoms with Crippen molar-refractivity contribution in [3.8, 4) is 0 Å². The maximum Gasteiger partial charge on any atom is 0.191 e. The molecule has 1 atom stereocenters. The van der Waals surface area contributed by atoms with Gasteiger partial charge in [0.2, 0.25) is 0 Å². The van der Waals surface area contributed by atoms with E-state index in [-0.39, 0.29) is 6.10 Å². The number of guanidine groups is 1. The number of nitrogens with one attached hydrogen (secondary N) is 2. The SMILES string of the molecule is CN=C(NCCCOCC1CC1)NCc1ccc(N2CCOC(C)C2)nc1. The number of hydrogen-bond acceptors (Lipinski definition) is 5. The predicted octanol–water partition coefficient (Wildman–Crippen LogP) is 1.79. The Hall–Kier alpha value is -1.86. The van der Waals surface area contributed by atoms with Crippen LogP contribution in [-0.2, 0) is 16.0 Å². The highest BCUT2D eigenvalue weighted by atomic mass is 16.5. The summed E-state index contributed by atoms with van der Waals surface area (Å²) in [5.74, 6) is 2.66. The summed E-state index contributed by atoms with van der Waals surface area (Å²) in [6, 6.07) is 4.21. The molecule has 0 amide bonds. The third-order valence-electron chi connectivity index (χ3n) is 4.87. The third-order valence-corrected chi connectivity index (χ3v) is 4.87. The molecule has 0 spiro atoms. The summed E-state index contributed by atoms with van der Waals surface area (Å²) in [5, 5.41) is 6.66. The number of rotatable bonds is 9. The van der Waals surface area contributed by atoms with E-state index in [9.17, 15) is 0 Å². The van der Waals surface area contributed by atoms with Gasteiger partial charge in [-0.3, -0.25) is 4.99 Å². The lowest BCUT2D eigenvalue weighted by atomic mass is 10.2. The molecular formula is C20H33N5O2. The number of morpholine rings is 1. The lowest BCUT2D eigenvalue weighted by Crippen LogP contribution is -2.41. The van der Waals surface area contributed by atoms with Crippen molar-refractivity contribution in [1.82, 2.24) is 15.6 Å². The Bertz CT molecular complexity index is 589. The summed E-state index contributed by atoms with van der Waals surface area (Å²) in [5.41, 5.74) is 1.13. The summed E-state index contributed by atoms with van der Waals surface area (Å²) in [4.78, 5) is 11.2. The molecular weight excluding hydrogens is 342 g/mol. The Labute approximate surface area is 162 Å². The average molecular weight is 376 g/mol. The zero-order valence-corrected chi connectivity index (χ0v) is 16.6. The summed E-state index contributed by atoms with van der Waals surface area (Å²) in [6.45, 7) is 7.95. The van der Waals surface area contributed by atoms with E-state index in [1.165, 1.54) is 12.8 Å². The van der Waals surface area contributed by atoms with Crippen LogP contribution in [0.25, 0.3) is 0 Å². The van der Waals surface area contributed by atoms with Crippen LogP contribution >= 0.6 is 0 Å². The van der Waals surface area contributed by atoms with Gasteiger partial charge in [-0.2, -0.15) is 0 Å². The first-order valence-electron chi connectivity index (χ1n) is 10.1. The molecule has 0 bridgehead atoms. The molecule has 7 nitrogen and oxygen atoms in total. The molecule has 0 radical (unpaired) electrons. The van der Waals surface area contributed by atoms with Gasteiger partial charge in [0.25, 0.3) is 0 Å². The molecule has 1 aromatic heterocycles. The van der Waals surface area contributed by atoms with E-state index in [4.69, 9.17) is 9.47 Å². The van der Waals surface area contributed by atoms with Gasteiger partial charge in [-0.25, -0.2) is 4.98 Å². The molecule has 2 heterocycles. The smallest absolute Gasteiger partial charge is 0.191 e. The van der Waals surface area contributed by atoms with Crippen molar-refractivity contribution >= 4 is 11.8 Å². The Balaban J connectivity index is 1.33. The summed E-state index contributed by atoms with van der Waals surface area (Å²) in [6.07, 6.45) is 5.87. The molecule has 0 aromatic carbocycles. The van der Waals surface area contributed by atoms with Crippen molar-refractivity contribution in [2.75, 3.05) is 51.4 Å². The molecule has 150 valence electrons. The van der Waals surface area contributed by atoms with Crippen LogP contribution in [0.4, 0.5) is 5.82 Å². The first-order chi connectivity index (χ1) is 13.2. The minimum absolute atomic E-state index is 0.260. The minimum Gasteiger partial charge on any atom is -0.381 e. The Morgan fingerprint density at radius 1 is 1.37 bits per heavy atom. The standard InChI is InChI=1S/C20H33N5O2/c1-16-14-25(9-11-27-16)19-7-6-18(12-23-19)13-24-20(21-2)22-8-3-10-26-15-17-4-5-17/h6-7,12,16-17H,3-5,8-11,13-15H2,1-2H3,(H2,21,22,24). The zero-order valence-electron chi connectivity index (χ0n) is 16.6. The monoisotopic (exact) mass is 375 g/mol. The number of anilines is 1. The molecule has 1 saturated carbocycles. The summed E-state index contributed by atoms with van der Waals surface area (Å²) >= 11 is 0. The number of hydrogen-bond donors (Lipinski definition) is 2. The van der Waals surface area contributed by atoms with Crippen LogP contribution in [0.5, 0.6) is 0 Å². The van der Waals surface area contributed by atoms with Crippen LogP contribution in [0.3, 0.4) is 0 Å². The molecule has 2 fully saturated rings. The first-order valence-corrected chi connectivity index (χ1v) is 10.1. The van der Waals surface area contributed by atoms with E-state index < -0.39 is 0 Å². The van der Waals surface area contributed by atoms with Gasteiger partial charge in [-0.05, 0) is 43.7 Å². The van der Waals surface area contributed by atoms with Gasteiger partial charge in [0.05, 0.1) is 12.7 Å².